The zero-order chi connectivity index (χ0) is 33.5. The van der Waals surface area contributed by atoms with Crippen molar-refractivity contribution in [3.63, 3.8) is 0 Å². The molecule has 7 aromatic carbocycles. The number of hydrogen-bond donors (Lipinski definition) is 0. The molecule has 1 aliphatic carbocycles. The highest BCUT2D eigenvalue weighted by molar-refractivity contribution is 6.28. The molecule has 0 radical (unpaired) electrons. The first-order chi connectivity index (χ1) is 25.3. The maximum Gasteiger partial charge on any atom is 0.164 e. The summed E-state index contributed by atoms with van der Waals surface area (Å²) in [4.78, 5) is 25.3. The van der Waals surface area contributed by atoms with Gasteiger partial charge in [0.2, 0.25) is 0 Å². The summed E-state index contributed by atoms with van der Waals surface area (Å²) < 4.78 is 2.36. The molecule has 0 bridgehead atoms. The fourth-order valence-electron chi connectivity index (χ4n) is 7.70. The van der Waals surface area contributed by atoms with E-state index in [0.717, 1.165) is 67.0 Å². The van der Waals surface area contributed by atoms with Crippen molar-refractivity contribution in [2.45, 2.75) is 0 Å². The minimum atomic E-state index is 0.620. The van der Waals surface area contributed by atoms with Gasteiger partial charge in [-0.15, -0.1) is 0 Å². The second kappa shape index (κ2) is 10.7. The topological polar surface area (TPSA) is 69.4 Å². The van der Waals surface area contributed by atoms with Crippen LogP contribution in [-0.2, 0) is 0 Å². The molecule has 0 spiro atoms. The Hall–Kier alpha value is -7.05. The van der Waals surface area contributed by atoms with Crippen LogP contribution in [0.3, 0.4) is 0 Å². The van der Waals surface area contributed by atoms with Gasteiger partial charge in [0.05, 0.1) is 33.5 Å². The monoisotopic (exact) mass is 650 g/mol. The van der Waals surface area contributed by atoms with Gasteiger partial charge in [0.15, 0.2) is 17.5 Å². The first-order valence-electron chi connectivity index (χ1n) is 17.0. The van der Waals surface area contributed by atoms with Crippen molar-refractivity contribution in [1.29, 1.82) is 0 Å². The van der Waals surface area contributed by atoms with Crippen molar-refractivity contribution in [2.75, 3.05) is 0 Å². The highest BCUT2D eigenvalue weighted by Crippen LogP contribution is 2.50. The quantitative estimate of drug-likeness (QED) is 0.190. The highest BCUT2D eigenvalue weighted by atomic mass is 15.0. The summed E-state index contributed by atoms with van der Waals surface area (Å²) in [5.41, 5.74) is 12.0. The lowest BCUT2D eigenvalue weighted by molar-refractivity contribution is 1.07. The Labute approximate surface area is 292 Å². The van der Waals surface area contributed by atoms with Crippen LogP contribution >= 0.6 is 0 Å². The molecular weight excluding hydrogens is 625 g/mol. The van der Waals surface area contributed by atoms with Crippen LogP contribution in [0.5, 0.6) is 0 Å². The molecule has 0 amide bonds. The van der Waals surface area contributed by atoms with Crippen LogP contribution in [0.4, 0.5) is 0 Å². The Bertz CT molecular complexity index is 2960. The molecule has 1 aliphatic rings. The lowest BCUT2D eigenvalue weighted by Crippen LogP contribution is -2.01. The minimum absolute atomic E-state index is 0.620. The molecule has 0 fully saturated rings. The third kappa shape index (κ3) is 4.20. The second-order valence-corrected chi connectivity index (χ2v) is 12.9. The van der Waals surface area contributed by atoms with Crippen molar-refractivity contribution in [2.24, 2.45) is 0 Å². The lowest BCUT2D eigenvalue weighted by Gasteiger charge is -2.12. The number of aromatic nitrogens is 6. The van der Waals surface area contributed by atoms with Crippen LogP contribution in [-0.4, -0.2) is 29.5 Å². The summed E-state index contributed by atoms with van der Waals surface area (Å²) >= 11 is 0. The SMILES string of the molecule is c1ccc(-c2nc(-c3ccccc3)nc(-c3cccc(-n4c5ccccc5c5c6cccc7c6c(cc54)-c4nc5ccccc5nc4-7)c3)n2)cc1. The Morgan fingerprint density at radius 1 is 0.353 bits per heavy atom. The zero-order valence-electron chi connectivity index (χ0n) is 27.2. The summed E-state index contributed by atoms with van der Waals surface area (Å²) in [5, 5.41) is 4.82. The van der Waals surface area contributed by atoms with E-state index in [0.29, 0.717) is 17.5 Å². The van der Waals surface area contributed by atoms with Crippen molar-refractivity contribution < 1.29 is 0 Å². The Morgan fingerprint density at radius 3 is 1.61 bits per heavy atom. The van der Waals surface area contributed by atoms with Gasteiger partial charge in [-0.1, -0.05) is 121 Å². The molecule has 11 rings (SSSR count). The van der Waals surface area contributed by atoms with Crippen LogP contribution < -0.4 is 0 Å². The van der Waals surface area contributed by atoms with Gasteiger partial charge in [0.25, 0.3) is 0 Å². The van der Waals surface area contributed by atoms with Gasteiger partial charge in [-0.3, -0.25) is 0 Å². The van der Waals surface area contributed by atoms with Gasteiger partial charge in [-0.2, -0.15) is 0 Å². The van der Waals surface area contributed by atoms with E-state index in [4.69, 9.17) is 24.9 Å². The normalized spacial score (nSPS) is 11.9. The second-order valence-electron chi connectivity index (χ2n) is 12.9. The van der Waals surface area contributed by atoms with Gasteiger partial charge in [0, 0.05) is 49.7 Å². The van der Waals surface area contributed by atoms with E-state index >= 15 is 0 Å². The number of benzene rings is 7. The summed E-state index contributed by atoms with van der Waals surface area (Å²) in [7, 11) is 0. The lowest BCUT2D eigenvalue weighted by atomic mass is 9.99. The van der Waals surface area contributed by atoms with Gasteiger partial charge in [-0.05, 0) is 41.8 Å². The van der Waals surface area contributed by atoms with Crippen LogP contribution in [0, 0.1) is 0 Å². The number of para-hydroxylation sites is 3. The van der Waals surface area contributed by atoms with Crippen LogP contribution in [0.25, 0.3) is 106 Å². The van der Waals surface area contributed by atoms with Crippen LogP contribution in [0.1, 0.15) is 0 Å². The number of fused-ring (bicyclic) bond motifs is 8. The molecule has 0 unspecified atom stereocenters. The number of hydrogen-bond acceptors (Lipinski definition) is 5. The molecule has 3 aromatic heterocycles. The Balaban J connectivity index is 1.16. The molecular formula is C45H26N6. The van der Waals surface area contributed by atoms with Gasteiger partial charge >= 0.3 is 0 Å². The standard InChI is InChI=1S/C45H26N6/c1-3-13-27(14-4-1)43-48-44(28-15-5-2-6-16-28)50-45(49-43)29-17-11-18-30(25-29)51-37-24-10-7-19-31(37)40-32-20-12-21-33-39(32)34(26-38(40)51)42-41(33)46-35-22-8-9-23-36(35)47-42/h1-26H. The molecule has 6 heteroatoms. The van der Waals surface area contributed by atoms with Crippen molar-refractivity contribution >= 4 is 43.6 Å². The Morgan fingerprint density at radius 2 is 0.902 bits per heavy atom. The first-order valence-corrected chi connectivity index (χ1v) is 17.0. The largest absolute Gasteiger partial charge is 0.309 e. The van der Waals surface area contributed by atoms with E-state index in [1.165, 1.54) is 21.5 Å². The molecule has 0 aliphatic heterocycles. The van der Waals surface area contributed by atoms with Gasteiger partial charge in [-0.25, -0.2) is 24.9 Å². The van der Waals surface area contributed by atoms with E-state index < -0.39 is 0 Å². The van der Waals surface area contributed by atoms with Crippen LogP contribution in [0.2, 0.25) is 0 Å². The predicted octanol–water partition coefficient (Wildman–Crippen LogP) is 10.7. The predicted molar refractivity (Wildman–Crippen MR) is 206 cm³/mol. The van der Waals surface area contributed by atoms with E-state index in [-0.39, 0.29) is 0 Å². The average Bonchev–Trinajstić information content (AvgIpc) is 3.70. The third-order valence-corrected chi connectivity index (χ3v) is 9.94. The van der Waals surface area contributed by atoms with Crippen molar-refractivity contribution in [3.8, 4) is 62.4 Å². The summed E-state index contributed by atoms with van der Waals surface area (Å²) in [5.74, 6) is 1.90. The summed E-state index contributed by atoms with van der Waals surface area (Å²) in [6.45, 7) is 0. The maximum atomic E-state index is 5.18. The van der Waals surface area contributed by atoms with Crippen molar-refractivity contribution in [1.82, 2.24) is 29.5 Å². The minimum Gasteiger partial charge on any atom is -0.309 e. The average molecular weight is 651 g/mol. The van der Waals surface area contributed by atoms with Gasteiger partial charge < -0.3 is 4.57 Å². The summed E-state index contributed by atoms with van der Waals surface area (Å²) in [6.07, 6.45) is 0. The van der Waals surface area contributed by atoms with E-state index in [2.05, 4.69) is 77.4 Å². The van der Waals surface area contributed by atoms with E-state index in [1.807, 2.05) is 84.9 Å². The molecule has 236 valence electrons. The fraction of sp³-hybridized carbons (Fsp3) is 0. The van der Waals surface area contributed by atoms with E-state index in [1.54, 1.807) is 0 Å². The van der Waals surface area contributed by atoms with Crippen LogP contribution in [0.15, 0.2) is 158 Å². The first kappa shape index (κ1) is 27.9. The third-order valence-electron chi connectivity index (χ3n) is 9.94. The molecule has 6 nitrogen and oxygen atoms in total. The molecule has 0 N–H and O–H groups in total. The molecule has 0 atom stereocenters. The molecule has 0 saturated heterocycles. The van der Waals surface area contributed by atoms with Gasteiger partial charge in [0.1, 0.15) is 0 Å². The summed E-state index contributed by atoms with van der Waals surface area (Å²) in [6, 6.07) is 54.3. The van der Waals surface area contributed by atoms with E-state index in [9.17, 15) is 0 Å². The smallest absolute Gasteiger partial charge is 0.164 e. The highest BCUT2D eigenvalue weighted by Gasteiger charge is 2.28. The molecule has 3 heterocycles. The number of rotatable bonds is 4. The number of nitrogens with zero attached hydrogens (tertiary/aromatic N) is 6. The molecule has 10 aromatic rings. The molecule has 0 saturated carbocycles. The Kier molecular flexibility index (Phi) is 5.86. The van der Waals surface area contributed by atoms with Crippen molar-refractivity contribution in [3.05, 3.63) is 158 Å². The molecule has 51 heavy (non-hydrogen) atoms. The maximum absolute atomic E-state index is 5.18. The zero-order valence-corrected chi connectivity index (χ0v) is 27.2. The fourth-order valence-corrected chi connectivity index (χ4v) is 7.70.